The van der Waals surface area contributed by atoms with E-state index in [9.17, 15) is 9.90 Å². The van der Waals surface area contributed by atoms with Crippen LogP contribution in [0.15, 0.2) is 36.4 Å². The van der Waals surface area contributed by atoms with Crippen LogP contribution in [0.4, 0.5) is 0 Å². The quantitative estimate of drug-likeness (QED) is 0.646. The lowest BCUT2D eigenvalue weighted by molar-refractivity contribution is -0.143. The lowest BCUT2D eigenvalue weighted by Crippen LogP contribution is -2.41. The van der Waals surface area contributed by atoms with Gasteiger partial charge in [0.05, 0.1) is 39.9 Å². The number of hydrogen-bond donors (Lipinski definition) is 1. The normalized spacial score (nSPS) is 17.6. The Kier molecular flexibility index (Phi) is 7.63. The molecule has 7 heteroatoms. The van der Waals surface area contributed by atoms with Gasteiger partial charge in [0.15, 0.2) is 11.5 Å². The number of rotatable bonds is 9. The fraction of sp³-hybridized carbons (Fsp3) is 0.458. The zero-order valence-corrected chi connectivity index (χ0v) is 18.6. The van der Waals surface area contributed by atoms with E-state index >= 15 is 0 Å². The van der Waals surface area contributed by atoms with Gasteiger partial charge in [0.2, 0.25) is 0 Å². The molecule has 0 radical (unpaired) electrons. The van der Waals surface area contributed by atoms with Crippen molar-refractivity contribution in [3.8, 4) is 23.0 Å². The van der Waals surface area contributed by atoms with Gasteiger partial charge in [0.25, 0.3) is 0 Å². The van der Waals surface area contributed by atoms with E-state index in [0.717, 1.165) is 29.8 Å². The van der Waals surface area contributed by atoms with E-state index in [0.29, 0.717) is 36.8 Å². The number of carbonyl (C=O) groups is 1. The average Bonchev–Trinajstić information content (AvgIpc) is 2.80. The highest BCUT2D eigenvalue weighted by Crippen LogP contribution is 2.41. The van der Waals surface area contributed by atoms with E-state index in [2.05, 4.69) is 4.90 Å². The maximum atomic E-state index is 11.7. The molecule has 2 aromatic rings. The largest absolute Gasteiger partial charge is 0.497 e. The smallest absolute Gasteiger partial charge is 0.307 e. The minimum Gasteiger partial charge on any atom is -0.497 e. The van der Waals surface area contributed by atoms with E-state index in [1.165, 1.54) is 0 Å². The maximum absolute atomic E-state index is 11.7. The Hall–Kier alpha value is -2.93. The molecule has 0 amide bonds. The fourth-order valence-electron chi connectivity index (χ4n) is 4.21. The molecule has 1 heterocycles. The summed E-state index contributed by atoms with van der Waals surface area (Å²) in [6, 6.07) is 11.3. The molecule has 1 aliphatic rings. The molecule has 0 aliphatic carbocycles. The minimum atomic E-state index is -0.759. The molecule has 2 unspecified atom stereocenters. The number of ether oxygens (including phenoxy) is 4. The van der Waals surface area contributed by atoms with Crippen LogP contribution in [0.3, 0.4) is 0 Å². The number of likely N-dealkylation sites (tertiary alicyclic amines) is 1. The Morgan fingerprint density at radius 1 is 1.06 bits per heavy atom. The van der Waals surface area contributed by atoms with Gasteiger partial charge in [-0.2, -0.15) is 0 Å². The van der Waals surface area contributed by atoms with Gasteiger partial charge in [-0.05, 0) is 62.2 Å². The maximum Gasteiger partial charge on any atom is 0.307 e. The first-order valence-corrected chi connectivity index (χ1v) is 10.5. The standard InChI is InChI=1S/C24H31NO6/c1-5-31-22-13-16(8-10-21(22)30-4)23(25-12-6-7-17(15-25)24(26)27)19-14-18(28-2)9-11-20(19)29-3/h8-11,13-14,17,23H,5-7,12,15H2,1-4H3,(H,26,27). The molecule has 2 atom stereocenters. The minimum absolute atomic E-state index is 0.225. The third-order valence-electron chi connectivity index (χ3n) is 5.70. The molecule has 2 aromatic carbocycles. The number of hydrogen-bond acceptors (Lipinski definition) is 6. The molecule has 168 valence electrons. The molecule has 1 aliphatic heterocycles. The van der Waals surface area contributed by atoms with Crippen molar-refractivity contribution in [1.82, 2.24) is 4.90 Å². The van der Waals surface area contributed by atoms with E-state index < -0.39 is 11.9 Å². The predicted octanol–water partition coefficient (Wildman–Crippen LogP) is 4.00. The summed E-state index contributed by atoms with van der Waals surface area (Å²) in [5, 5.41) is 9.64. The van der Waals surface area contributed by atoms with Crippen molar-refractivity contribution in [3.63, 3.8) is 0 Å². The Bertz CT molecular complexity index is 900. The number of benzene rings is 2. The molecule has 1 saturated heterocycles. The van der Waals surface area contributed by atoms with Gasteiger partial charge in [-0.25, -0.2) is 0 Å². The lowest BCUT2D eigenvalue weighted by atomic mass is 9.90. The second-order valence-electron chi connectivity index (χ2n) is 7.53. The van der Waals surface area contributed by atoms with Gasteiger partial charge in [0, 0.05) is 12.1 Å². The zero-order valence-electron chi connectivity index (χ0n) is 18.6. The number of aliphatic carboxylic acids is 1. The molecule has 1 fully saturated rings. The number of carboxylic acid groups (broad SMARTS) is 1. The fourth-order valence-corrected chi connectivity index (χ4v) is 4.21. The van der Waals surface area contributed by atoms with E-state index in [-0.39, 0.29) is 6.04 Å². The summed E-state index contributed by atoms with van der Waals surface area (Å²) in [6.07, 6.45) is 1.49. The monoisotopic (exact) mass is 429 g/mol. The van der Waals surface area contributed by atoms with Crippen LogP contribution < -0.4 is 18.9 Å². The lowest BCUT2D eigenvalue weighted by Gasteiger charge is -2.38. The summed E-state index contributed by atoms with van der Waals surface area (Å²) in [5.74, 6) is 1.58. The van der Waals surface area contributed by atoms with Gasteiger partial charge >= 0.3 is 5.97 Å². The Balaban J connectivity index is 2.14. The van der Waals surface area contributed by atoms with Crippen molar-refractivity contribution in [2.45, 2.75) is 25.8 Å². The van der Waals surface area contributed by atoms with Gasteiger partial charge in [-0.3, -0.25) is 9.69 Å². The summed E-state index contributed by atoms with van der Waals surface area (Å²) in [7, 11) is 4.88. The second-order valence-corrected chi connectivity index (χ2v) is 7.53. The average molecular weight is 430 g/mol. The van der Waals surface area contributed by atoms with Crippen LogP contribution in [0.25, 0.3) is 0 Å². The van der Waals surface area contributed by atoms with Gasteiger partial charge in [0.1, 0.15) is 11.5 Å². The third kappa shape index (κ3) is 5.05. The van der Waals surface area contributed by atoms with Crippen molar-refractivity contribution >= 4 is 5.97 Å². The molecule has 31 heavy (non-hydrogen) atoms. The van der Waals surface area contributed by atoms with Crippen LogP contribution >= 0.6 is 0 Å². The molecule has 0 saturated carbocycles. The Labute approximate surface area is 183 Å². The molecular formula is C24H31NO6. The highest BCUT2D eigenvalue weighted by atomic mass is 16.5. The van der Waals surface area contributed by atoms with Crippen molar-refractivity contribution in [3.05, 3.63) is 47.5 Å². The van der Waals surface area contributed by atoms with Crippen LogP contribution in [0.1, 0.15) is 36.9 Å². The van der Waals surface area contributed by atoms with Crippen LogP contribution in [0.2, 0.25) is 0 Å². The first kappa shape index (κ1) is 22.7. The Morgan fingerprint density at radius 3 is 2.45 bits per heavy atom. The molecule has 0 spiro atoms. The van der Waals surface area contributed by atoms with Crippen LogP contribution in [0.5, 0.6) is 23.0 Å². The number of methoxy groups -OCH3 is 3. The van der Waals surface area contributed by atoms with Crippen LogP contribution in [-0.4, -0.2) is 57.0 Å². The molecule has 0 aromatic heterocycles. The van der Waals surface area contributed by atoms with E-state index in [1.54, 1.807) is 21.3 Å². The summed E-state index contributed by atoms with van der Waals surface area (Å²) in [4.78, 5) is 13.9. The summed E-state index contributed by atoms with van der Waals surface area (Å²) < 4.78 is 22.4. The summed E-state index contributed by atoms with van der Waals surface area (Å²) in [5.41, 5.74) is 1.89. The van der Waals surface area contributed by atoms with Crippen molar-refractivity contribution in [2.75, 3.05) is 41.0 Å². The molecule has 1 N–H and O–H groups in total. The highest BCUT2D eigenvalue weighted by Gasteiger charge is 2.33. The summed E-state index contributed by atoms with van der Waals surface area (Å²) >= 11 is 0. The van der Waals surface area contributed by atoms with Gasteiger partial charge in [-0.15, -0.1) is 0 Å². The molecule has 7 nitrogen and oxygen atoms in total. The molecular weight excluding hydrogens is 398 g/mol. The first-order chi connectivity index (χ1) is 15.0. The van der Waals surface area contributed by atoms with Crippen molar-refractivity contribution in [1.29, 1.82) is 0 Å². The van der Waals surface area contributed by atoms with Crippen molar-refractivity contribution < 1.29 is 28.8 Å². The number of nitrogens with zero attached hydrogens (tertiary/aromatic N) is 1. The van der Waals surface area contributed by atoms with Crippen molar-refractivity contribution in [2.24, 2.45) is 5.92 Å². The molecule has 3 rings (SSSR count). The summed E-state index contributed by atoms with van der Waals surface area (Å²) in [6.45, 7) is 3.68. The van der Waals surface area contributed by atoms with E-state index in [1.807, 2.05) is 43.3 Å². The number of carboxylic acids is 1. The van der Waals surface area contributed by atoms with E-state index in [4.69, 9.17) is 18.9 Å². The van der Waals surface area contributed by atoms with Gasteiger partial charge < -0.3 is 24.1 Å². The SMILES string of the molecule is CCOc1cc(C(c2cc(OC)ccc2OC)N2CCCC(C(=O)O)C2)ccc1OC. The van der Waals surface area contributed by atoms with Crippen LogP contribution in [0, 0.1) is 5.92 Å². The third-order valence-corrected chi connectivity index (χ3v) is 5.70. The topological polar surface area (TPSA) is 77.5 Å². The second kappa shape index (κ2) is 10.4. The number of piperidine rings is 1. The Morgan fingerprint density at radius 2 is 1.81 bits per heavy atom. The zero-order chi connectivity index (χ0) is 22.4. The molecule has 0 bridgehead atoms. The van der Waals surface area contributed by atoms with Gasteiger partial charge in [-0.1, -0.05) is 6.07 Å². The highest BCUT2D eigenvalue weighted by molar-refractivity contribution is 5.70. The predicted molar refractivity (Wildman–Crippen MR) is 117 cm³/mol. The first-order valence-electron chi connectivity index (χ1n) is 10.5. The van der Waals surface area contributed by atoms with Crippen LogP contribution in [-0.2, 0) is 4.79 Å².